The van der Waals surface area contributed by atoms with E-state index in [2.05, 4.69) is 33.9 Å². The van der Waals surface area contributed by atoms with Crippen LogP contribution < -0.4 is 15.5 Å². The van der Waals surface area contributed by atoms with E-state index >= 15 is 0 Å². The fourth-order valence-electron chi connectivity index (χ4n) is 4.82. The lowest BCUT2D eigenvalue weighted by Crippen LogP contribution is -2.63. The number of piperidine rings is 1. The first kappa shape index (κ1) is 25.3. The van der Waals surface area contributed by atoms with Crippen molar-refractivity contribution in [3.63, 3.8) is 0 Å². The zero-order chi connectivity index (χ0) is 24.3. The number of amides is 1. The Morgan fingerprint density at radius 1 is 1.21 bits per heavy atom. The minimum absolute atomic E-state index is 0.000945. The van der Waals surface area contributed by atoms with Crippen LogP contribution in [0, 0.1) is 12.8 Å². The maximum absolute atomic E-state index is 13.5. The van der Waals surface area contributed by atoms with Gasteiger partial charge < -0.3 is 15.5 Å². The second-order valence-corrected chi connectivity index (χ2v) is 9.33. The third-order valence-corrected chi connectivity index (χ3v) is 6.79. The first-order valence-corrected chi connectivity index (χ1v) is 11.5. The minimum Gasteiger partial charge on any atom is -0.369 e. The van der Waals surface area contributed by atoms with Crippen LogP contribution in [0.25, 0.3) is 6.08 Å². The Balaban J connectivity index is 1.79. The molecule has 2 heterocycles. The summed E-state index contributed by atoms with van der Waals surface area (Å²) in [5.74, 6) is 0.287. The van der Waals surface area contributed by atoms with Crippen molar-refractivity contribution < 1.29 is 18.0 Å². The normalized spacial score (nSPS) is 23.4. The average Bonchev–Trinajstić information content (AvgIpc) is 2.70. The number of anilines is 1. The summed E-state index contributed by atoms with van der Waals surface area (Å²) in [4.78, 5) is 17.1. The first-order valence-electron chi connectivity index (χ1n) is 11.5. The monoisotopic (exact) mass is 464 g/mol. The SMILES string of the molecule is C=C/C=C\c1c(N2C[C@@H](C)C[C@@H](NC(=O)C(C)N3CC(NC)C3)C2)ccc(C(F)(F)F)c1C. The van der Waals surface area contributed by atoms with Crippen LogP contribution in [0.15, 0.2) is 30.9 Å². The molecule has 1 amide bonds. The summed E-state index contributed by atoms with van der Waals surface area (Å²) in [5.41, 5.74) is 0.850. The molecule has 182 valence electrons. The molecule has 2 saturated heterocycles. The lowest BCUT2D eigenvalue weighted by molar-refractivity contribution is -0.138. The number of benzene rings is 1. The third-order valence-electron chi connectivity index (χ3n) is 6.79. The van der Waals surface area contributed by atoms with Gasteiger partial charge in [0.2, 0.25) is 5.91 Å². The van der Waals surface area contributed by atoms with Gasteiger partial charge in [-0.25, -0.2) is 0 Å². The minimum atomic E-state index is -4.41. The Morgan fingerprint density at radius 2 is 1.91 bits per heavy atom. The van der Waals surface area contributed by atoms with Crippen LogP contribution >= 0.6 is 0 Å². The van der Waals surface area contributed by atoms with Gasteiger partial charge in [0.05, 0.1) is 11.6 Å². The van der Waals surface area contributed by atoms with Gasteiger partial charge in [-0.1, -0.05) is 31.7 Å². The highest BCUT2D eigenvalue weighted by Gasteiger charge is 2.36. The molecule has 0 aromatic heterocycles. The van der Waals surface area contributed by atoms with Crippen LogP contribution in [0.2, 0.25) is 0 Å². The van der Waals surface area contributed by atoms with Crippen molar-refractivity contribution in [1.29, 1.82) is 0 Å². The number of nitrogens with zero attached hydrogens (tertiary/aromatic N) is 2. The number of carbonyl (C=O) groups is 1. The van der Waals surface area contributed by atoms with Gasteiger partial charge in [-0.3, -0.25) is 9.69 Å². The molecule has 2 aliphatic rings. The number of alkyl halides is 3. The number of likely N-dealkylation sites (tertiary alicyclic amines) is 1. The van der Waals surface area contributed by atoms with E-state index in [1.54, 1.807) is 24.3 Å². The Hall–Kier alpha value is -2.32. The first-order chi connectivity index (χ1) is 15.5. The van der Waals surface area contributed by atoms with Crippen LogP contribution in [-0.4, -0.2) is 62.2 Å². The smallest absolute Gasteiger partial charge is 0.369 e. The lowest BCUT2D eigenvalue weighted by Gasteiger charge is -2.43. The van der Waals surface area contributed by atoms with E-state index in [9.17, 15) is 18.0 Å². The maximum Gasteiger partial charge on any atom is 0.416 e. The van der Waals surface area contributed by atoms with Gasteiger partial charge in [-0.15, -0.1) is 0 Å². The Labute approximate surface area is 194 Å². The lowest BCUT2D eigenvalue weighted by atomic mass is 9.92. The van der Waals surface area contributed by atoms with Crippen LogP contribution in [0.4, 0.5) is 18.9 Å². The maximum atomic E-state index is 13.5. The van der Waals surface area contributed by atoms with E-state index in [1.165, 1.54) is 6.92 Å². The summed E-state index contributed by atoms with van der Waals surface area (Å²) in [5, 5.41) is 6.40. The number of hydrogen-bond acceptors (Lipinski definition) is 4. The molecule has 1 aromatic rings. The molecule has 1 unspecified atom stereocenters. The molecule has 0 aliphatic carbocycles. The van der Waals surface area contributed by atoms with E-state index in [0.29, 0.717) is 18.2 Å². The molecule has 5 nitrogen and oxygen atoms in total. The molecule has 8 heteroatoms. The highest BCUT2D eigenvalue weighted by Crippen LogP contribution is 2.38. The van der Waals surface area contributed by atoms with E-state index in [1.807, 2.05) is 14.0 Å². The summed E-state index contributed by atoms with van der Waals surface area (Å²) in [6.45, 7) is 12.2. The van der Waals surface area contributed by atoms with E-state index < -0.39 is 11.7 Å². The van der Waals surface area contributed by atoms with Crippen LogP contribution in [0.5, 0.6) is 0 Å². The van der Waals surface area contributed by atoms with Crippen molar-refractivity contribution >= 4 is 17.7 Å². The molecule has 2 aliphatic heterocycles. The molecule has 0 bridgehead atoms. The molecule has 3 rings (SSSR count). The van der Waals surface area contributed by atoms with E-state index in [4.69, 9.17) is 0 Å². The standard InChI is InChI=1S/C25H35F3N4O/c1-6-7-8-21-17(3)22(25(26,27)28)9-10-23(21)32-12-16(2)11-19(13-32)30-24(33)18(4)31-14-20(15-31)29-5/h6-10,16,18-20,29H,1,11-15H2,2-5H3,(H,30,33)/b8-7-/t16-,18?,19+/m0/s1. The molecule has 33 heavy (non-hydrogen) atoms. The van der Waals surface area contributed by atoms with Crippen LogP contribution in [0.3, 0.4) is 0 Å². The number of nitrogens with one attached hydrogen (secondary N) is 2. The van der Waals surface area contributed by atoms with Gasteiger partial charge in [-0.2, -0.15) is 13.2 Å². The molecule has 3 atom stereocenters. The predicted octanol–water partition coefficient (Wildman–Crippen LogP) is 3.84. The second kappa shape index (κ2) is 10.3. The number of allylic oxidation sites excluding steroid dienone is 2. The molecule has 0 radical (unpaired) electrons. The van der Waals surface area contributed by atoms with Crippen molar-refractivity contribution in [3.8, 4) is 0 Å². The molecule has 2 fully saturated rings. The number of rotatable bonds is 7. The Bertz CT molecular complexity index is 892. The summed E-state index contributed by atoms with van der Waals surface area (Å²) >= 11 is 0. The van der Waals surface area contributed by atoms with E-state index in [0.717, 1.165) is 37.8 Å². The van der Waals surface area contributed by atoms with Crippen LogP contribution in [0.1, 0.15) is 37.0 Å². The van der Waals surface area contributed by atoms with Crippen molar-refractivity contribution in [2.75, 3.05) is 38.1 Å². The van der Waals surface area contributed by atoms with Gasteiger partial charge >= 0.3 is 6.18 Å². The largest absolute Gasteiger partial charge is 0.416 e. The second-order valence-electron chi connectivity index (χ2n) is 9.33. The van der Waals surface area contributed by atoms with Gasteiger partial charge in [0, 0.05) is 49.5 Å². The van der Waals surface area contributed by atoms with Gasteiger partial charge in [0.25, 0.3) is 0 Å². The zero-order valence-corrected chi connectivity index (χ0v) is 19.9. The van der Waals surface area contributed by atoms with E-state index in [-0.39, 0.29) is 29.5 Å². The van der Waals surface area contributed by atoms with Crippen molar-refractivity contribution in [3.05, 3.63) is 47.6 Å². The number of carbonyl (C=O) groups excluding carboxylic acids is 1. The van der Waals surface area contributed by atoms with Crippen molar-refractivity contribution in [1.82, 2.24) is 15.5 Å². The van der Waals surface area contributed by atoms with Crippen LogP contribution in [-0.2, 0) is 11.0 Å². The Morgan fingerprint density at radius 3 is 2.52 bits per heavy atom. The van der Waals surface area contributed by atoms with Gasteiger partial charge in [0.1, 0.15) is 0 Å². The molecule has 0 saturated carbocycles. The molecular weight excluding hydrogens is 429 g/mol. The highest BCUT2D eigenvalue weighted by molar-refractivity contribution is 5.82. The zero-order valence-electron chi connectivity index (χ0n) is 19.9. The average molecular weight is 465 g/mol. The fourth-order valence-corrected chi connectivity index (χ4v) is 4.82. The van der Waals surface area contributed by atoms with Gasteiger partial charge in [0.15, 0.2) is 0 Å². The highest BCUT2D eigenvalue weighted by atomic mass is 19.4. The molecule has 2 N–H and O–H groups in total. The predicted molar refractivity (Wildman–Crippen MR) is 127 cm³/mol. The van der Waals surface area contributed by atoms with Gasteiger partial charge in [-0.05, 0) is 50.9 Å². The molecule has 1 aromatic carbocycles. The number of hydrogen-bond donors (Lipinski definition) is 2. The Kier molecular flexibility index (Phi) is 7.90. The summed E-state index contributed by atoms with van der Waals surface area (Å²) < 4.78 is 40.5. The number of likely N-dealkylation sites (N-methyl/N-ethyl adjacent to an activating group) is 1. The molecular formula is C25H35F3N4O. The summed E-state index contributed by atoms with van der Waals surface area (Å²) in [7, 11) is 1.92. The third kappa shape index (κ3) is 5.79. The quantitative estimate of drug-likeness (QED) is 0.602. The number of halogens is 3. The molecule has 0 spiro atoms. The fraction of sp³-hybridized carbons (Fsp3) is 0.560. The topological polar surface area (TPSA) is 47.6 Å². The summed E-state index contributed by atoms with van der Waals surface area (Å²) in [6.07, 6.45) is 1.33. The summed E-state index contributed by atoms with van der Waals surface area (Å²) in [6, 6.07) is 2.86. The van der Waals surface area contributed by atoms with Crippen molar-refractivity contribution in [2.24, 2.45) is 5.92 Å². The van der Waals surface area contributed by atoms with Crippen molar-refractivity contribution in [2.45, 2.75) is 51.5 Å².